The van der Waals surface area contributed by atoms with Crippen molar-refractivity contribution in [3.8, 4) is 0 Å². The van der Waals surface area contributed by atoms with Crippen molar-refractivity contribution in [1.29, 1.82) is 0 Å². The molecular weight excluding hydrogens is 206 g/mol. The molecule has 17 heavy (non-hydrogen) atoms. The van der Waals surface area contributed by atoms with Crippen LogP contribution in [0.2, 0.25) is 0 Å². The Hall–Kier alpha value is -0.0400. The zero-order chi connectivity index (χ0) is 12.5. The molecule has 1 N–H and O–H groups in total. The molecule has 102 valence electrons. The molecule has 1 saturated carbocycles. The van der Waals surface area contributed by atoms with Gasteiger partial charge in [-0.3, -0.25) is 0 Å². The van der Waals surface area contributed by atoms with Crippen LogP contribution in [-0.4, -0.2) is 12.6 Å². The number of rotatable bonds is 6. The van der Waals surface area contributed by atoms with Gasteiger partial charge in [0.05, 0.1) is 0 Å². The molecule has 0 spiro atoms. The zero-order valence-corrected chi connectivity index (χ0v) is 12.3. The summed E-state index contributed by atoms with van der Waals surface area (Å²) < 4.78 is 0. The quantitative estimate of drug-likeness (QED) is 0.704. The van der Waals surface area contributed by atoms with Gasteiger partial charge in [0.2, 0.25) is 0 Å². The first-order valence-electron chi connectivity index (χ1n) is 8.06. The monoisotopic (exact) mass is 239 g/mol. The summed E-state index contributed by atoms with van der Waals surface area (Å²) in [4.78, 5) is 0. The molecule has 0 bridgehead atoms. The summed E-state index contributed by atoms with van der Waals surface area (Å²) in [5.74, 6) is 1.83. The lowest BCUT2D eigenvalue weighted by molar-refractivity contribution is 0.211. The molecule has 0 saturated heterocycles. The summed E-state index contributed by atoms with van der Waals surface area (Å²) in [5.41, 5.74) is 0. The van der Waals surface area contributed by atoms with Crippen molar-refractivity contribution >= 4 is 0 Å². The van der Waals surface area contributed by atoms with Crippen molar-refractivity contribution in [3.05, 3.63) is 0 Å². The minimum absolute atomic E-state index is 0.785. The third-order valence-electron chi connectivity index (χ3n) is 4.65. The van der Waals surface area contributed by atoms with Crippen LogP contribution in [0.15, 0.2) is 0 Å². The van der Waals surface area contributed by atoms with E-state index < -0.39 is 0 Å². The van der Waals surface area contributed by atoms with Crippen molar-refractivity contribution in [2.24, 2.45) is 11.8 Å². The highest BCUT2D eigenvalue weighted by Gasteiger charge is 2.26. The number of hydrogen-bond acceptors (Lipinski definition) is 1. The molecule has 0 heterocycles. The number of nitrogens with one attached hydrogen (secondary N) is 1. The van der Waals surface area contributed by atoms with E-state index in [0.717, 1.165) is 24.4 Å². The van der Waals surface area contributed by atoms with Crippen LogP contribution in [0.3, 0.4) is 0 Å². The second kappa shape index (κ2) is 8.97. The summed E-state index contributed by atoms with van der Waals surface area (Å²) in [5, 5.41) is 3.80. The van der Waals surface area contributed by atoms with E-state index in [4.69, 9.17) is 0 Å². The fourth-order valence-electron chi connectivity index (χ4n) is 3.60. The van der Waals surface area contributed by atoms with Gasteiger partial charge in [-0.2, -0.15) is 0 Å². The van der Waals surface area contributed by atoms with Gasteiger partial charge in [-0.25, -0.2) is 0 Å². The van der Waals surface area contributed by atoms with E-state index >= 15 is 0 Å². The molecule has 1 atom stereocenters. The molecule has 1 heteroatoms. The highest BCUT2D eigenvalue weighted by atomic mass is 14.9. The van der Waals surface area contributed by atoms with E-state index in [1.165, 1.54) is 57.8 Å². The van der Waals surface area contributed by atoms with Crippen LogP contribution in [0.25, 0.3) is 0 Å². The van der Waals surface area contributed by atoms with E-state index in [1.807, 2.05) is 0 Å². The first-order chi connectivity index (χ1) is 8.33. The average Bonchev–Trinajstić information content (AvgIpc) is 2.29. The minimum Gasteiger partial charge on any atom is -0.314 e. The molecule has 1 unspecified atom stereocenters. The van der Waals surface area contributed by atoms with Gasteiger partial charge in [0.15, 0.2) is 0 Å². The predicted molar refractivity (Wildman–Crippen MR) is 77.3 cm³/mol. The molecule has 1 nitrogen and oxygen atoms in total. The van der Waals surface area contributed by atoms with Crippen molar-refractivity contribution in [2.45, 2.75) is 84.6 Å². The molecular formula is C16H33N. The maximum atomic E-state index is 3.80. The summed E-state index contributed by atoms with van der Waals surface area (Å²) in [6, 6.07) is 0.785. The Labute approximate surface area is 109 Å². The fraction of sp³-hybridized carbons (Fsp3) is 1.00. The maximum Gasteiger partial charge on any atom is 0.0123 e. The van der Waals surface area contributed by atoms with Crippen LogP contribution in [-0.2, 0) is 0 Å². The molecule has 0 aromatic rings. The van der Waals surface area contributed by atoms with Crippen molar-refractivity contribution < 1.29 is 0 Å². The van der Waals surface area contributed by atoms with Crippen LogP contribution in [0.1, 0.15) is 78.6 Å². The first kappa shape index (κ1) is 15.0. The van der Waals surface area contributed by atoms with Crippen LogP contribution in [0, 0.1) is 11.8 Å². The van der Waals surface area contributed by atoms with Gasteiger partial charge in [0.25, 0.3) is 0 Å². The maximum absolute atomic E-state index is 3.80. The van der Waals surface area contributed by atoms with E-state index in [-0.39, 0.29) is 0 Å². The Morgan fingerprint density at radius 3 is 1.88 bits per heavy atom. The molecule has 1 aliphatic carbocycles. The Morgan fingerprint density at radius 2 is 1.41 bits per heavy atom. The predicted octanol–water partition coefficient (Wildman–Crippen LogP) is 4.76. The third-order valence-corrected chi connectivity index (χ3v) is 4.65. The van der Waals surface area contributed by atoms with Crippen molar-refractivity contribution in [1.82, 2.24) is 5.32 Å². The summed E-state index contributed by atoms with van der Waals surface area (Å²) in [6.45, 7) is 8.12. The largest absolute Gasteiger partial charge is 0.314 e. The smallest absolute Gasteiger partial charge is 0.0123 e. The highest BCUT2D eigenvalue weighted by molar-refractivity contribution is 4.82. The lowest BCUT2D eigenvalue weighted by Gasteiger charge is -2.35. The fourth-order valence-corrected chi connectivity index (χ4v) is 3.60. The van der Waals surface area contributed by atoms with E-state index in [2.05, 4.69) is 26.1 Å². The third kappa shape index (κ3) is 4.99. The Bertz CT molecular complexity index is 166. The Balaban J connectivity index is 2.58. The van der Waals surface area contributed by atoms with E-state index in [1.54, 1.807) is 0 Å². The lowest BCUT2D eigenvalue weighted by atomic mass is 9.78. The van der Waals surface area contributed by atoms with Crippen LogP contribution >= 0.6 is 0 Å². The molecule has 1 aliphatic rings. The summed E-state index contributed by atoms with van der Waals surface area (Å²) >= 11 is 0. The normalized spacial score (nSPS) is 21.2. The molecule has 0 aromatic heterocycles. The second-order valence-electron chi connectivity index (χ2n) is 5.77. The SMILES string of the molecule is CCNC(C(CC)CC)C1CCCCCCC1. The minimum atomic E-state index is 0.785. The molecule has 0 aromatic carbocycles. The zero-order valence-electron chi connectivity index (χ0n) is 12.3. The Kier molecular flexibility index (Phi) is 7.92. The van der Waals surface area contributed by atoms with Crippen molar-refractivity contribution in [3.63, 3.8) is 0 Å². The molecule has 1 fully saturated rings. The topological polar surface area (TPSA) is 12.0 Å². The standard InChI is InChI=1S/C16H33N/c1-4-14(5-2)16(17-6-3)15-12-10-8-7-9-11-13-15/h14-17H,4-13H2,1-3H3. The summed E-state index contributed by atoms with van der Waals surface area (Å²) in [7, 11) is 0. The first-order valence-corrected chi connectivity index (χ1v) is 8.06. The van der Waals surface area contributed by atoms with Crippen LogP contribution in [0.5, 0.6) is 0 Å². The molecule has 0 radical (unpaired) electrons. The molecule has 0 amide bonds. The van der Waals surface area contributed by atoms with Gasteiger partial charge in [0.1, 0.15) is 0 Å². The molecule has 0 aliphatic heterocycles. The lowest BCUT2D eigenvalue weighted by Crippen LogP contribution is -2.42. The summed E-state index contributed by atoms with van der Waals surface area (Å²) in [6.07, 6.45) is 13.0. The second-order valence-corrected chi connectivity index (χ2v) is 5.77. The molecule has 1 rings (SSSR count). The highest BCUT2D eigenvalue weighted by Crippen LogP contribution is 2.30. The average molecular weight is 239 g/mol. The van der Waals surface area contributed by atoms with Gasteiger partial charge in [-0.1, -0.05) is 65.7 Å². The Morgan fingerprint density at radius 1 is 0.882 bits per heavy atom. The van der Waals surface area contributed by atoms with Crippen molar-refractivity contribution in [2.75, 3.05) is 6.54 Å². The van der Waals surface area contributed by atoms with Gasteiger partial charge in [-0.05, 0) is 31.2 Å². The van der Waals surface area contributed by atoms with Gasteiger partial charge in [-0.15, -0.1) is 0 Å². The van der Waals surface area contributed by atoms with Crippen LogP contribution < -0.4 is 5.32 Å². The van der Waals surface area contributed by atoms with E-state index in [9.17, 15) is 0 Å². The van der Waals surface area contributed by atoms with Crippen LogP contribution in [0.4, 0.5) is 0 Å². The van der Waals surface area contributed by atoms with Gasteiger partial charge >= 0.3 is 0 Å². The number of hydrogen-bond donors (Lipinski definition) is 1. The van der Waals surface area contributed by atoms with Gasteiger partial charge < -0.3 is 5.32 Å². The van der Waals surface area contributed by atoms with Gasteiger partial charge in [0, 0.05) is 6.04 Å². The van der Waals surface area contributed by atoms with E-state index in [0.29, 0.717) is 0 Å².